The molecule has 50 heavy (non-hydrogen) atoms. The van der Waals surface area contributed by atoms with Crippen LogP contribution in [0.25, 0.3) is 6.08 Å². The Hall–Kier alpha value is -3.64. The molecular formula is C38H58FN5O6. The number of rotatable bonds is 6. The van der Waals surface area contributed by atoms with Gasteiger partial charge in [0.2, 0.25) is 0 Å². The number of urea groups is 1. The summed E-state index contributed by atoms with van der Waals surface area (Å²) in [6.07, 6.45) is 5.49. The van der Waals surface area contributed by atoms with Gasteiger partial charge in [0.25, 0.3) is 0 Å². The monoisotopic (exact) mass is 699 g/mol. The smallest absolute Gasteiger partial charge is 0.410 e. The third-order valence-electron chi connectivity index (χ3n) is 10.1. The van der Waals surface area contributed by atoms with Gasteiger partial charge in [0.05, 0.1) is 12.5 Å². The number of nitrogens with zero attached hydrogens (tertiary/aromatic N) is 4. The van der Waals surface area contributed by atoms with Crippen LogP contribution in [0.1, 0.15) is 72.3 Å². The molecule has 0 saturated carbocycles. The van der Waals surface area contributed by atoms with E-state index in [0.717, 1.165) is 31.6 Å². The topological polar surface area (TPSA) is 115 Å². The van der Waals surface area contributed by atoms with Crippen molar-refractivity contribution in [1.82, 2.24) is 20.0 Å². The van der Waals surface area contributed by atoms with Crippen molar-refractivity contribution in [3.8, 4) is 0 Å². The molecule has 0 bridgehead atoms. The summed E-state index contributed by atoms with van der Waals surface area (Å²) in [5.74, 6) is -1.28. The number of likely N-dealkylation sites (tertiary alicyclic amines) is 1. The number of hydrogen-bond acceptors (Lipinski definition) is 8. The molecule has 11 nitrogen and oxygen atoms in total. The van der Waals surface area contributed by atoms with Crippen LogP contribution in [0.4, 0.5) is 19.7 Å². The quantitative estimate of drug-likeness (QED) is 0.305. The standard InChI is InChI=1S/C38H58FN5O6/c1-25(2)40-37(47)43-14-12-31(13-15-43)42(7)32-22-29(21-30(39)23-32)20-28(5)36-27(4)9-11-34(26(3)8-10-33(45)24-35(46)50-36)49-38(48)44-18-16-41(6)17-19-44/h9,11,20-23,25-27,31,33-34,36,45H,8,10,12-19,24H2,1-7H3,(H,40,47)/b11-9-,28-20+/t26-,27+,33+,34+,36+/m1/s1. The number of carbonyl (C=O) groups excluding carboxylic acids is 3. The fourth-order valence-electron chi connectivity index (χ4n) is 6.86. The maximum absolute atomic E-state index is 15.1. The lowest BCUT2D eigenvalue weighted by Crippen LogP contribution is -2.50. The van der Waals surface area contributed by atoms with Gasteiger partial charge in [-0.05, 0) is 94.8 Å². The number of benzene rings is 1. The molecule has 1 aromatic carbocycles. The minimum Gasteiger partial charge on any atom is -0.457 e. The number of ether oxygens (including phenoxy) is 2. The van der Waals surface area contributed by atoms with Crippen LogP contribution >= 0.6 is 0 Å². The minimum atomic E-state index is -0.889. The Kier molecular flexibility index (Phi) is 14.1. The van der Waals surface area contributed by atoms with E-state index in [1.54, 1.807) is 4.90 Å². The highest BCUT2D eigenvalue weighted by atomic mass is 19.1. The zero-order valence-electron chi connectivity index (χ0n) is 30.9. The molecule has 4 rings (SSSR count). The molecule has 3 aliphatic rings. The molecule has 3 aliphatic heterocycles. The van der Waals surface area contributed by atoms with E-state index in [9.17, 15) is 19.5 Å². The number of piperazine rings is 1. The molecule has 0 unspecified atom stereocenters. The van der Waals surface area contributed by atoms with Gasteiger partial charge in [-0.3, -0.25) is 4.79 Å². The third kappa shape index (κ3) is 11.2. The zero-order valence-corrected chi connectivity index (χ0v) is 30.9. The number of piperidine rings is 1. The second-order valence-corrected chi connectivity index (χ2v) is 14.8. The van der Waals surface area contributed by atoms with Crippen LogP contribution in [0.15, 0.2) is 35.9 Å². The lowest BCUT2D eigenvalue weighted by Gasteiger charge is -2.38. The Bertz CT molecular complexity index is 1370. The molecule has 278 valence electrons. The van der Waals surface area contributed by atoms with Gasteiger partial charge >= 0.3 is 18.1 Å². The van der Waals surface area contributed by atoms with Crippen LogP contribution in [-0.4, -0.2) is 122 Å². The summed E-state index contributed by atoms with van der Waals surface area (Å²) in [5.41, 5.74) is 2.06. The molecule has 5 atom stereocenters. The number of likely N-dealkylation sites (N-methyl/N-ethyl adjacent to an activating group) is 1. The summed E-state index contributed by atoms with van der Waals surface area (Å²) in [4.78, 5) is 46.4. The van der Waals surface area contributed by atoms with E-state index in [2.05, 4.69) is 15.1 Å². The fourth-order valence-corrected chi connectivity index (χ4v) is 6.86. The van der Waals surface area contributed by atoms with E-state index >= 15 is 4.39 Å². The maximum Gasteiger partial charge on any atom is 0.410 e. The molecule has 1 aromatic rings. The van der Waals surface area contributed by atoms with Crippen LogP contribution in [0.5, 0.6) is 0 Å². The summed E-state index contributed by atoms with van der Waals surface area (Å²) < 4.78 is 27.1. The lowest BCUT2D eigenvalue weighted by molar-refractivity contribution is -0.151. The molecule has 3 amide bonds. The number of aliphatic hydroxyl groups excluding tert-OH is 1. The van der Waals surface area contributed by atoms with E-state index in [4.69, 9.17) is 9.47 Å². The van der Waals surface area contributed by atoms with Crippen LogP contribution in [0, 0.1) is 17.7 Å². The molecule has 3 heterocycles. The van der Waals surface area contributed by atoms with Gasteiger partial charge in [-0.1, -0.05) is 26.0 Å². The molecule has 2 N–H and O–H groups in total. The van der Waals surface area contributed by atoms with Gasteiger partial charge < -0.3 is 39.5 Å². The van der Waals surface area contributed by atoms with Gasteiger partial charge in [0.15, 0.2) is 0 Å². The van der Waals surface area contributed by atoms with Gasteiger partial charge in [-0.15, -0.1) is 0 Å². The average Bonchev–Trinajstić information content (AvgIpc) is 3.06. The number of esters is 1. The van der Waals surface area contributed by atoms with Crippen molar-refractivity contribution in [2.45, 2.75) is 97.1 Å². The molecule has 0 radical (unpaired) electrons. The Balaban J connectivity index is 1.51. The summed E-state index contributed by atoms with van der Waals surface area (Å²) in [5, 5.41) is 13.6. The van der Waals surface area contributed by atoms with Crippen molar-refractivity contribution in [2.24, 2.45) is 11.8 Å². The van der Waals surface area contributed by atoms with Crippen molar-refractivity contribution in [2.75, 3.05) is 58.3 Å². The van der Waals surface area contributed by atoms with Crippen molar-refractivity contribution < 1.29 is 33.4 Å². The molecule has 0 aromatic heterocycles. The van der Waals surface area contributed by atoms with E-state index in [-0.39, 0.29) is 48.3 Å². The lowest BCUT2D eigenvalue weighted by atomic mass is 9.91. The summed E-state index contributed by atoms with van der Waals surface area (Å²) >= 11 is 0. The number of halogens is 1. The normalized spacial score (nSPS) is 27.2. The van der Waals surface area contributed by atoms with E-state index < -0.39 is 24.3 Å². The molecular weight excluding hydrogens is 641 g/mol. The van der Waals surface area contributed by atoms with Crippen LogP contribution in [-0.2, 0) is 14.3 Å². The van der Waals surface area contributed by atoms with Gasteiger partial charge in [0.1, 0.15) is 18.0 Å². The number of nitrogens with one attached hydrogen (secondary N) is 1. The van der Waals surface area contributed by atoms with Crippen molar-refractivity contribution in [3.05, 3.63) is 47.3 Å². The van der Waals surface area contributed by atoms with Gasteiger partial charge in [0, 0.05) is 70.0 Å². The second kappa shape index (κ2) is 18.0. The Labute approximate surface area is 297 Å². The molecule has 0 spiro atoms. The van der Waals surface area contributed by atoms with Gasteiger partial charge in [-0.25, -0.2) is 14.0 Å². The zero-order chi connectivity index (χ0) is 36.5. The van der Waals surface area contributed by atoms with Crippen molar-refractivity contribution >= 4 is 29.9 Å². The Morgan fingerprint density at radius 3 is 2.36 bits per heavy atom. The number of carbonyl (C=O) groups is 3. The molecule has 2 saturated heterocycles. The van der Waals surface area contributed by atoms with E-state index in [1.807, 2.05) is 77.9 Å². The molecule has 0 aliphatic carbocycles. The maximum atomic E-state index is 15.1. The van der Waals surface area contributed by atoms with Crippen molar-refractivity contribution in [3.63, 3.8) is 0 Å². The first kappa shape index (κ1) is 39.2. The predicted octanol–water partition coefficient (Wildman–Crippen LogP) is 5.29. The molecule has 2 fully saturated rings. The Morgan fingerprint density at radius 2 is 1.70 bits per heavy atom. The number of aliphatic hydroxyl groups is 1. The first-order valence-electron chi connectivity index (χ1n) is 18.2. The highest BCUT2D eigenvalue weighted by Crippen LogP contribution is 2.29. The number of amides is 3. The number of cyclic esters (lactones) is 1. The summed E-state index contributed by atoms with van der Waals surface area (Å²) in [6.45, 7) is 13.7. The summed E-state index contributed by atoms with van der Waals surface area (Å²) in [6, 6.07) is 5.04. The van der Waals surface area contributed by atoms with E-state index in [0.29, 0.717) is 50.2 Å². The van der Waals surface area contributed by atoms with Crippen LogP contribution in [0.3, 0.4) is 0 Å². The second-order valence-electron chi connectivity index (χ2n) is 14.8. The number of anilines is 1. The largest absolute Gasteiger partial charge is 0.457 e. The first-order chi connectivity index (χ1) is 23.7. The van der Waals surface area contributed by atoms with Gasteiger partial charge in [-0.2, -0.15) is 0 Å². The predicted molar refractivity (Wildman–Crippen MR) is 193 cm³/mol. The highest BCUT2D eigenvalue weighted by molar-refractivity contribution is 5.74. The Morgan fingerprint density at radius 1 is 1.02 bits per heavy atom. The minimum absolute atomic E-state index is 0.0579. The first-order valence-corrected chi connectivity index (χ1v) is 18.2. The summed E-state index contributed by atoms with van der Waals surface area (Å²) in [7, 11) is 3.98. The number of hydrogen-bond donors (Lipinski definition) is 2. The van der Waals surface area contributed by atoms with E-state index in [1.165, 1.54) is 12.1 Å². The highest BCUT2D eigenvalue weighted by Gasteiger charge is 2.30. The average molecular weight is 700 g/mol. The fraction of sp³-hybridized carbons (Fsp3) is 0.658. The van der Waals surface area contributed by atoms with Crippen LogP contribution < -0.4 is 10.2 Å². The third-order valence-corrected chi connectivity index (χ3v) is 10.1. The molecule has 12 heteroatoms. The SMILES string of the molecule is C/C(=C\c1cc(F)cc(N(C)C2CCN(C(=O)NC(C)C)CC2)c1)[C@H]1OC(=O)C[C@@H](O)CC[C@@H](C)[C@@H](OC(=O)N2CCN(C)CC2)/C=C\[C@@H]1C. The van der Waals surface area contributed by atoms with Crippen molar-refractivity contribution in [1.29, 1.82) is 0 Å². The van der Waals surface area contributed by atoms with Crippen LogP contribution in [0.2, 0.25) is 0 Å².